The van der Waals surface area contributed by atoms with Crippen LogP contribution in [0.1, 0.15) is 87.5 Å². The summed E-state index contributed by atoms with van der Waals surface area (Å²) < 4.78 is 0. The maximum atomic E-state index is 11.2. The van der Waals surface area contributed by atoms with E-state index in [-0.39, 0.29) is 7.43 Å². The Balaban J connectivity index is 0.000000386. The van der Waals surface area contributed by atoms with Crippen molar-refractivity contribution in [2.45, 2.75) is 106 Å². The number of amides is 2. The van der Waals surface area contributed by atoms with Gasteiger partial charge >= 0.3 is 0 Å². The number of likely N-dealkylation sites (tertiary alicyclic amines) is 3. The van der Waals surface area contributed by atoms with E-state index in [1.54, 1.807) is 0 Å². The zero-order chi connectivity index (χ0) is 20.6. The monoisotopic (exact) mass is 395 g/mol. The maximum Gasteiger partial charge on any atom is 0.222 e. The lowest BCUT2D eigenvalue weighted by Crippen LogP contribution is -2.40. The highest BCUT2D eigenvalue weighted by atomic mass is 16.2. The molecular formula is C23H45N3O2. The normalized spacial score (nSPS) is 19.2. The molecule has 2 amide bonds. The quantitative estimate of drug-likeness (QED) is 0.697. The van der Waals surface area contributed by atoms with Crippen molar-refractivity contribution in [3.8, 4) is 0 Å². The van der Waals surface area contributed by atoms with E-state index in [1.807, 2.05) is 9.80 Å². The van der Waals surface area contributed by atoms with Gasteiger partial charge in [0.25, 0.3) is 0 Å². The molecule has 0 aromatic carbocycles. The lowest BCUT2D eigenvalue weighted by molar-refractivity contribution is -0.135. The minimum absolute atomic E-state index is 0. The van der Waals surface area contributed by atoms with Gasteiger partial charge in [0.1, 0.15) is 0 Å². The Bertz CT molecular complexity index is 500. The van der Waals surface area contributed by atoms with Crippen LogP contribution in [0.4, 0.5) is 0 Å². The third-order valence-corrected chi connectivity index (χ3v) is 5.39. The summed E-state index contributed by atoms with van der Waals surface area (Å²) in [6.07, 6.45) is 6.05. The van der Waals surface area contributed by atoms with E-state index in [9.17, 15) is 9.59 Å². The van der Waals surface area contributed by atoms with Crippen molar-refractivity contribution < 1.29 is 9.59 Å². The summed E-state index contributed by atoms with van der Waals surface area (Å²) in [5.74, 6) is 0.659. The molecule has 0 bridgehead atoms. The first kappa shape index (κ1) is 26.5. The molecule has 0 aromatic rings. The van der Waals surface area contributed by atoms with E-state index in [4.69, 9.17) is 0 Å². The Hall–Kier alpha value is -1.52. The van der Waals surface area contributed by atoms with E-state index in [2.05, 4.69) is 53.0 Å². The van der Waals surface area contributed by atoms with Crippen LogP contribution in [0.25, 0.3) is 0 Å². The molecule has 164 valence electrons. The number of carbonyl (C=O) groups is 2. The van der Waals surface area contributed by atoms with Gasteiger partial charge in [-0.25, -0.2) is 0 Å². The van der Waals surface area contributed by atoms with Crippen LogP contribution in [0.3, 0.4) is 0 Å². The van der Waals surface area contributed by atoms with Crippen LogP contribution in [0.5, 0.6) is 0 Å². The smallest absolute Gasteiger partial charge is 0.222 e. The fraction of sp³-hybridized carbons (Fsp3) is 0.826. The first-order valence-corrected chi connectivity index (χ1v) is 10.7. The summed E-state index contributed by atoms with van der Waals surface area (Å²) in [5, 5.41) is 0. The fourth-order valence-corrected chi connectivity index (χ4v) is 3.61. The summed E-state index contributed by atoms with van der Waals surface area (Å²) in [5.41, 5.74) is 1.31. The fourth-order valence-electron chi connectivity index (χ4n) is 3.61. The molecule has 0 radical (unpaired) electrons. The van der Waals surface area contributed by atoms with E-state index in [1.165, 1.54) is 25.1 Å². The van der Waals surface area contributed by atoms with Crippen LogP contribution in [0, 0.1) is 0 Å². The second kappa shape index (κ2) is 12.8. The minimum Gasteiger partial charge on any atom is -0.372 e. The van der Waals surface area contributed by atoms with Crippen LogP contribution in [0.15, 0.2) is 12.3 Å². The van der Waals surface area contributed by atoms with Crippen molar-refractivity contribution in [3.63, 3.8) is 0 Å². The molecule has 0 N–H and O–H groups in total. The molecule has 0 unspecified atom stereocenters. The van der Waals surface area contributed by atoms with Gasteiger partial charge in [0.05, 0.1) is 0 Å². The number of hydrogen-bond donors (Lipinski definition) is 0. The van der Waals surface area contributed by atoms with Crippen LogP contribution in [-0.4, -0.2) is 64.3 Å². The molecule has 5 heteroatoms. The predicted molar refractivity (Wildman–Crippen MR) is 119 cm³/mol. The van der Waals surface area contributed by atoms with Crippen molar-refractivity contribution in [2.24, 2.45) is 0 Å². The zero-order valence-electron chi connectivity index (χ0n) is 18.5. The number of rotatable bonds is 3. The lowest BCUT2D eigenvalue weighted by Gasteiger charge is -2.39. The highest BCUT2D eigenvalue weighted by Gasteiger charge is 2.22. The molecule has 28 heavy (non-hydrogen) atoms. The Morgan fingerprint density at radius 3 is 1.29 bits per heavy atom. The molecule has 3 rings (SSSR count). The minimum atomic E-state index is 0. The second-order valence-electron chi connectivity index (χ2n) is 8.53. The SMILES string of the molecule is C.C=C1CCN1C(C)C.CC(C)N1CCCC1=O.CC(C)N1CCCCC1=O. The molecule has 0 saturated carbocycles. The molecule has 0 spiro atoms. The largest absolute Gasteiger partial charge is 0.372 e. The van der Waals surface area contributed by atoms with Crippen molar-refractivity contribution in [3.05, 3.63) is 12.3 Å². The Kier molecular flexibility index (Phi) is 12.1. The molecule has 3 fully saturated rings. The summed E-state index contributed by atoms with van der Waals surface area (Å²) in [7, 11) is 0. The molecule has 3 aliphatic heterocycles. The third-order valence-electron chi connectivity index (χ3n) is 5.39. The molecule has 3 heterocycles. The third kappa shape index (κ3) is 8.24. The topological polar surface area (TPSA) is 43.9 Å². The summed E-state index contributed by atoms with van der Waals surface area (Å²) in [6, 6.07) is 1.46. The van der Waals surface area contributed by atoms with Crippen LogP contribution in [0.2, 0.25) is 0 Å². The summed E-state index contributed by atoms with van der Waals surface area (Å²) >= 11 is 0. The van der Waals surface area contributed by atoms with E-state index in [0.717, 1.165) is 38.8 Å². The average molecular weight is 396 g/mol. The second-order valence-corrected chi connectivity index (χ2v) is 8.53. The van der Waals surface area contributed by atoms with Gasteiger partial charge in [-0.3, -0.25) is 9.59 Å². The van der Waals surface area contributed by atoms with Gasteiger partial charge in [-0.05, 0) is 60.8 Å². The van der Waals surface area contributed by atoms with Crippen molar-refractivity contribution in [1.29, 1.82) is 0 Å². The van der Waals surface area contributed by atoms with Gasteiger partial charge in [-0.2, -0.15) is 0 Å². The van der Waals surface area contributed by atoms with Gasteiger partial charge in [-0.15, -0.1) is 0 Å². The Labute approximate surface area is 174 Å². The van der Waals surface area contributed by atoms with Gasteiger partial charge in [-0.1, -0.05) is 14.0 Å². The molecule has 3 saturated heterocycles. The van der Waals surface area contributed by atoms with Crippen molar-refractivity contribution >= 4 is 11.8 Å². The molecule has 0 aliphatic carbocycles. The van der Waals surface area contributed by atoms with Crippen LogP contribution >= 0.6 is 0 Å². The Morgan fingerprint density at radius 2 is 1.07 bits per heavy atom. The lowest BCUT2D eigenvalue weighted by atomic mass is 10.1. The predicted octanol–water partition coefficient (Wildman–Crippen LogP) is 4.67. The standard InChI is InChI=1S/C8H15NO.C7H13NO.C7H13N.CH4/c1-7(2)9-6-4-3-5-8(9)10;1-6(2)8-5-3-4-7(8)9;1-6(2)8-5-4-7(8)3;/h7H,3-6H2,1-2H3;6H,3-5H2,1-2H3;6H,3-5H2,1-2H3;1H4. The molecule has 3 aliphatic rings. The maximum absolute atomic E-state index is 11.2. The van der Waals surface area contributed by atoms with Crippen molar-refractivity contribution in [1.82, 2.24) is 14.7 Å². The number of piperidine rings is 1. The van der Waals surface area contributed by atoms with E-state index in [0.29, 0.717) is 29.9 Å². The van der Waals surface area contributed by atoms with Gasteiger partial charge in [0.2, 0.25) is 11.8 Å². The first-order chi connectivity index (χ1) is 12.6. The van der Waals surface area contributed by atoms with Gasteiger partial charge in [0, 0.05) is 62.7 Å². The summed E-state index contributed by atoms with van der Waals surface area (Å²) in [6.45, 7) is 19.7. The summed E-state index contributed by atoms with van der Waals surface area (Å²) in [4.78, 5) is 28.3. The van der Waals surface area contributed by atoms with Crippen LogP contribution < -0.4 is 0 Å². The average Bonchev–Trinajstić information content (AvgIpc) is 3.00. The molecule has 0 aromatic heterocycles. The zero-order valence-corrected chi connectivity index (χ0v) is 18.5. The Morgan fingerprint density at radius 1 is 0.643 bits per heavy atom. The van der Waals surface area contributed by atoms with E-state index < -0.39 is 0 Å². The molecule has 0 atom stereocenters. The van der Waals surface area contributed by atoms with Crippen molar-refractivity contribution in [2.75, 3.05) is 19.6 Å². The number of nitrogens with zero attached hydrogens (tertiary/aromatic N) is 3. The number of carbonyl (C=O) groups excluding carboxylic acids is 2. The first-order valence-electron chi connectivity index (χ1n) is 10.7. The highest BCUT2D eigenvalue weighted by Crippen LogP contribution is 2.21. The van der Waals surface area contributed by atoms with Gasteiger partial charge in [0.15, 0.2) is 0 Å². The van der Waals surface area contributed by atoms with E-state index >= 15 is 0 Å². The van der Waals surface area contributed by atoms with Crippen LogP contribution in [-0.2, 0) is 9.59 Å². The van der Waals surface area contributed by atoms with Gasteiger partial charge < -0.3 is 14.7 Å². The molecule has 5 nitrogen and oxygen atoms in total. The highest BCUT2D eigenvalue weighted by molar-refractivity contribution is 5.78. The molecular weight excluding hydrogens is 350 g/mol. The number of hydrogen-bond acceptors (Lipinski definition) is 3.